The molecule has 1 aliphatic heterocycles. The van der Waals surface area contributed by atoms with Crippen LogP contribution in [0.5, 0.6) is 5.75 Å². The summed E-state index contributed by atoms with van der Waals surface area (Å²) in [6, 6.07) is 7.24. The van der Waals surface area contributed by atoms with Gasteiger partial charge in [-0.3, -0.25) is 14.1 Å². The van der Waals surface area contributed by atoms with Crippen LogP contribution in [0.25, 0.3) is 11.4 Å². The van der Waals surface area contributed by atoms with Gasteiger partial charge in [-0.25, -0.2) is 4.79 Å². The van der Waals surface area contributed by atoms with Gasteiger partial charge in [-0.2, -0.15) is 8.42 Å². The van der Waals surface area contributed by atoms with E-state index in [4.69, 9.17) is 28.2 Å². The molecule has 18 heteroatoms. The van der Waals surface area contributed by atoms with E-state index in [2.05, 4.69) is 25.2 Å². The number of hydroxylamine groups is 2. The van der Waals surface area contributed by atoms with Gasteiger partial charge >= 0.3 is 5.97 Å². The summed E-state index contributed by atoms with van der Waals surface area (Å²) in [5, 5.41) is 13.8. The lowest BCUT2D eigenvalue weighted by atomic mass is 10.2. The molecule has 1 aromatic heterocycles. The van der Waals surface area contributed by atoms with Gasteiger partial charge in [0.2, 0.25) is 5.82 Å². The van der Waals surface area contributed by atoms with E-state index in [9.17, 15) is 22.8 Å². The Kier molecular flexibility index (Phi) is 13.0. The SMILES string of the molecule is Cc1nnc(-c2ccc(OCCOCCOCCOCCOCCC(=O)ON3C(=O)CC(S(=O)(=O)O)C3=O)cc2)nn1. The van der Waals surface area contributed by atoms with E-state index < -0.39 is 39.6 Å². The Balaban J connectivity index is 1.10. The van der Waals surface area contributed by atoms with Crippen molar-refractivity contribution in [3.63, 3.8) is 0 Å². The lowest BCUT2D eigenvalue weighted by Gasteiger charge is -2.13. The van der Waals surface area contributed by atoms with Gasteiger partial charge in [-0.15, -0.1) is 25.5 Å². The highest BCUT2D eigenvalue weighted by Gasteiger charge is 2.48. The highest BCUT2D eigenvalue weighted by atomic mass is 32.2. The summed E-state index contributed by atoms with van der Waals surface area (Å²) in [5.74, 6) is -1.72. The number of imide groups is 1. The highest BCUT2D eigenvalue weighted by Crippen LogP contribution is 2.20. The summed E-state index contributed by atoms with van der Waals surface area (Å²) in [7, 11) is -4.78. The van der Waals surface area contributed by atoms with Gasteiger partial charge in [0.15, 0.2) is 11.1 Å². The normalized spacial score (nSPS) is 15.3. The van der Waals surface area contributed by atoms with Gasteiger partial charge in [-0.05, 0) is 31.2 Å². The second-order valence-electron chi connectivity index (χ2n) is 8.54. The number of hydrogen-bond acceptors (Lipinski definition) is 15. The summed E-state index contributed by atoms with van der Waals surface area (Å²) in [4.78, 5) is 39.8. The fourth-order valence-corrected chi connectivity index (χ4v) is 3.99. The largest absolute Gasteiger partial charge is 0.491 e. The number of ether oxygens (including phenoxy) is 5. The molecule has 2 heterocycles. The molecular formula is C24H31N5O12S. The zero-order valence-corrected chi connectivity index (χ0v) is 23.6. The smallest absolute Gasteiger partial charge is 0.335 e. The summed E-state index contributed by atoms with van der Waals surface area (Å²) < 4.78 is 58.2. The van der Waals surface area contributed by atoms with Crippen molar-refractivity contribution in [2.45, 2.75) is 25.0 Å². The molecule has 2 amide bonds. The van der Waals surface area contributed by atoms with Crippen molar-refractivity contribution in [2.75, 3.05) is 59.5 Å². The Morgan fingerprint density at radius 2 is 1.38 bits per heavy atom. The molecule has 1 unspecified atom stereocenters. The van der Waals surface area contributed by atoms with Crippen molar-refractivity contribution in [2.24, 2.45) is 0 Å². The molecule has 0 spiro atoms. The van der Waals surface area contributed by atoms with Crippen LogP contribution in [0.15, 0.2) is 24.3 Å². The molecule has 2 aromatic rings. The quantitative estimate of drug-likeness (QED) is 0.121. The summed E-state index contributed by atoms with van der Waals surface area (Å²) >= 11 is 0. The van der Waals surface area contributed by atoms with Crippen LogP contribution in [0, 0.1) is 6.92 Å². The fraction of sp³-hybridized carbons (Fsp3) is 0.542. The highest BCUT2D eigenvalue weighted by molar-refractivity contribution is 7.87. The fourth-order valence-electron chi connectivity index (χ4n) is 3.29. The molecule has 1 aromatic carbocycles. The third-order valence-corrected chi connectivity index (χ3v) is 6.46. The predicted octanol–water partition coefficient (Wildman–Crippen LogP) is -0.449. The zero-order chi connectivity index (χ0) is 30.4. The van der Waals surface area contributed by atoms with Gasteiger partial charge in [0, 0.05) is 5.56 Å². The van der Waals surface area contributed by atoms with Crippen LogP contribution >= 0.6 is 0 Å². The molecule has 42 heavy (non-hydrogen) atoms. The molecule has 17 nitrogen and oxygen atoms in total. The standard InChI is InChI=1S/C24H31N5O12S/c1-17-25-27-23(28-26-17)18-2-4-19(5-3-18)40-15-14-39-13-12-38-11-10-37-9-8-36-7-6-22(31)41-29-21(30)16-20(24(29)32)42(33,34)35/h2-5,20H,6-16H2,1H3,(H,33,34,35). The second-order valence-corrected chi connectivity index (χ2v) is 10.1. The lowest BCUT2D eigenvalue weighted by Crippen LogP contribution is -2.36. The summed E-state index contributed by atoms with van der Waals surface area (Å²) in [5.41, 5.74) is 0.782. The molecule has 3 rings (SSSR count). The Bertz CT molecular complexity index is 1280. The Morgan fingerprint density at radius 3 is 1.90 bits per heavy atom. The van der Waals surface area contributed by atoms with Crippen molar-refractivity contribution in [3.05, 3.63) is 30.1 Å². The van der Waals surface area contributed by atoms with E-state index in [1.807, 2.05) is 12.1 Å². The van der Waals surface area contributed by atoms with Gasteiger partial charge in [-0.1, -0.05) is 0 Å². The van der Waals surface area contributed by atoms with Crippen LogP contribution in [0.4, 0.5) is 0 Å². The van der Waals surface area contributed by atoms with Crippen LogP contribution in [0.2, 0.25) is 0 Å². The Hall–Kier alpha value is -3.68. The van der Waals surface area contributed by atoms with Gasteiger partial charge in [0.1, 0.15) is 12.4 Å². The molecule has 1 atom stereocenters. The van der Waals surface area contributed by atoms with E-state index >= 15 is 0 Å². The van der Waals surface area contributed by atoms with E-state index in [-0.39, 0.29) is 31.3 Å². The van der Waals surface area contributed by atoms with Crippen LogP contribution in [-0.2, 0) is 48.3 Å². The van der Waals surface area contributed by atoms with Crippen LogP contribution in [-0.4, -0.2) is 121 Å². The van der Waals surface area contributed by atoms with Crippen molar-refractivity contribution < 1.29 is 55.9 Å². The second kappa shape index (κ2) is 16.7. The van der Waals surface area contributed by atoms with Crippen molar-refractivity contribution in [1.29, 1.82) is 0 Å². The van der Waals surface area contributed by atoms with Crippen molar-refractivity contribution in [1.82, 2.24) is 25.5 Å². The van der Waals surface area contributed by atoms with Crippen molar-refractivity contribution >= 4 is 27.9 Å². The molecule has 0 aliphatic carbocycles. The molecule has 1 N–H and O–H groups in total. The molecular weight excluding hydrogens is 582 g/mol. The maximum Gasteiger partial charge on any atom is 0.335 e. The van der Waals surface area contributed by atoms with E-state index in [0.29, 0.717) is 57.0 Å². The number of amides is 2. The number of aryl methyl sites for hydroxylation is 1. The Labute approximate surface area is 241 Å². The van der Waals surface area contributed by atoms with Crippen molar-refractivity contribution in [3.8, 4) is 17.1 Å². The predicted molar refractivity (Wildman–Crippen MR) is 139 cm³/mol. The molecule has 0 bridgehead atoms. The number of rotatable bonds is 19. The minimum Gasteiger partial charge on any atom is -0.491 e. The lowest BCUT2D eigenvalue weighted by molar-refractivity contribution is -0.198. The molecule has 230 valence electrons. The first-order valence-corrected chi connectivity index (χ1v) is 14.3. The number of hydrogen-bond donors (Lipinski definition) is 1. The minimum absolute atomic E-state index is 0.0442. The average molecular weight is 614 g/mol. The third kappa shape index (κ3) is 11.0. The summed E-state index contributed by atoms with van der Waals surface area (Å²) in [6.07, 6.45) is -1.10. The van der Waals surface area contributed by atoms with Crippen LogP contribution in [0.1, 0.15) is 18.7 Å². The maximum absolute atomic E-state index is 11.8. The topological polar surface area (TPSA) is 216 Å². The number of carbonyl (C=O) groups is 3. The van der Waals surface area contributed by atoms with E-state index in [1.54, 1.807) is 19.1 Å². The zero-order valence-electron chi connectivity index (χ0n) is 22.7. The van der Waals surface area contributed by atoms with Gasteiger partial charge in [0.25, 0.3) is 21.9 Å². The minimum atomic E-state index is -4.78. The summed E-state index contributed by atoms with van der Waals surface area (Å²) in [6.45, 7) is 4.21. The number of carbonyl (C=O) groups excluding carboxylic acids is 3. The number of nitrogens with zero attached hydrogens (tertiary/aromatic N) is 5. The van der Waals surface area contributed by atoms with Crippen LogP contribution < -0.4 is 4.74 Å². The molecule has 1 aliphatic rings. The molecule has 1 fully saturated rings. The Morgan fingerprint density at radius 1 is 0.857 bits per heavy atom. The average Bonchev–Trinajstić information content (AvgIpc) is 3.25. The van der Waals surface area contributed by atoms with Gasteiger partial charge < -0.3 is 28.5 Å². The third-order valence-electron chi connectivity index (χ3n) is 5.37. The monoisotopic (exact) mass is 613 g/mol. The first-order chi connectivity index (χ1) is 20.1. The van der Waals surface area contributed by atoms with E-state index in [0.717, 1.165) is 5.56 Å². The van der Waals surface area contributed by atoms with Gasteiger partial charge in [0.05, 0.1) is 65.7 Å². The van der Waals surface area contributed by atoms with E-state index in [1.165, 1.54) is 0 Å². The number of aromatic nitrogens is 4. The first kappa shape index (κ1) is 32.8. The molecule has 0 radical (unpaired) electrons. The van der Waals surface area contributed by atoms with Crippen LogP contribution in [0.3, 0.4) is 0 Å². The molecule has 0 saturated carbocycles. The molecule has 1 saturated heterocycles. The maximum atomic E-state index is 11.8. The first-order valence-electron chi connectivity index (χ1n) is 12.8. The number of benzene rings is 1.